The van der Waals surface area contributed by atoms with Crippen LogP contribution in [-0.2, 0) is 9.59 Å². The van der Waals surface area contributed by atoms with Crippen LogP contribution in [0.3, 0.4) is 0 Å². The van der Waals surface area contributed by atoms with Gasteiger partial charge in [-0.3, -0.25) is 9.59 Å². The highest BCUT2D eigenvalue weighted by Gasteiger charge is 2.43. The molecular weight excluding hydrogens is 400 g/mol. The highest BCUT2D eigenvalue weighted by atomic mass is 35.5. The molecule has 4 rings (SSSR count). The summed E-state index contributed by atoms with van der Waals surface area (Å²) in [6.07, 6.45) is 1.97. The van der Waals surface area contributed by atoms with Gasteiger partial charge in [-0.25, -0.2) is 4.90 Å². The van der Waals surface area contributed by atoms with E-state index in [0.717, 1.165) is 31.5 Å². The van der Waals surface area contributed by atoms with Crippen LogP contribution in [0.15, 0.2) is 48.2 Å². The van der Waals surface area contributed by atoms with Crippen molar-refractivity contribution < 1.29 is 14.3 Å². The molecule has 0 unspecified atom stereocenters. The lowest BCUT2D eigenvalue weighted by Crippen LogP contribution is -2.38. The molecule has 0 N–H and O–H groups in total. The van der Waals surface area contributed by atoms with Crippen molar-refractivity contribution in [1.29, 1.82) is 0 Å². The van der Waals surface area contributed by atoms with Gasteiger partial charge in [-0.15, -0.1) is 0 Å². The van der Waals surface area contributed by atoms with Crippen LogP contribution >= 0.6 is 11.6 Å². The van der Waals surface area contributed by atoms with E-state index in [1.165, 1.54) is 4.90 Å². The first-order valence-corrected chi connectivity index (χ1v) is 10.6. The Balaban J connectivity index is 1.85. The van der Waals surface area contributed by atoms with Crippen LogP contribution in [0.25, 0.3) is 5.57 Å². The summed E-state index contributed by atoms with van der Waals surface area (Å²) in [4.78, 5) is 30.5. The maximum atomic E-state index is 13.6. The number of amides is 2. The molecule has 2 aromatic carbocycles. The number of carbonyl (C=O) groups is 2. The predicted molar refractivity (Wildman–Crippen MR) is 119 cm³/mol. The van der Waals surface area contributed by atoms with Crippen LogP contribution in [0.5, 0.6) is 5.75 Å². The second-order valence-electron chi connectivity index (χ2n) is 7.97. The van der Waals surface area contributed by atoms with Crippen LogP contribution in [-0.4, -0.2) is 36.9 Å². The maximum Gasteiger partial charge on any atom is 0.282 e. The highest BCUT2D eigenvalue weighted by molar-refractivity contribution is 6.46. The number of likely N-dealkylation sites (tertiary alicyclic amines) is 1. The van der Waals surface area contributed by atoms with Crippen LogP contribution < -0.4 is 9.64 Å². The van der Waals surface area contributed by atoms with Gasteiger partial charge in [0.05, 0.1) is 18.4 Å². The van der Waals surface area contributed by atoms with E-state index in [1.54, 1.807) is 25.3 Å². The number of benzene rings is 2. The fourth-order valence-electron chi connectivity index (χ4n) is 4.09. The average Bonchev–Trinajstić information content (AvgIpc) is 3.00. The van der Waals surface area contributed by atoms with Gasteiger partial charge in [0.25, 0.3) is 11.8 Å². The van der Waals surface area contributed by atoms with Gasteiger partial charge in [-0.1, -0.05) is 42.8 Å². The summed E-state index contributed by atoms with van der Waals surface area (Å²) in [7, 11) is 1.57. The number of hydrogen-bond acceptors (Lipinski definition) is 4. The van der Waals surface area contributed by atoms with E-state index >= 15 is 0 Å². The zero-order chi connectivity index (χ0) is 21.4. The van der Waals surface area contributed by atoms with E-state index in [-0.39, 0.29) is 11.8 Å². The van der Waals surface area contributed by atoms with Gasteiger partial charge in [0.1, 0.15) is 11.4 Å². The molecular formula is C24H25ClN2O3. The van der Waals surface area contributed by atoms with E-state index in [1.807, 2.05) is 31.2 Å². The lowest BCUT2D eigenvalue weighted by atomic mass is 9.97. The van der Waals surface area contributed by atoms with Gasteiger partial charge in [0.2, 0.25) is 0 Å². The Bertz CT molecular complexity index is 1040. The largest absolute Gasteiger partial charge is 0.496 e. The van der Waals surface area contributed by atoms with Crippen molar-refractivity contribution in [2.24, 2.45) is 5.92 Å². The van der Waals surface area contributed by atoms with Crippen molar-refractivity contribution in [3.05, 3.63) is 64.3 Å². The molecule has 5 nitrogen and oxygen atoms in total. The second kappa shape index (κ2) is 8.15. The molecule has 6 heteroatoms. The summed E-state index contributed by atoms with van der Waals surface area (Å²) in [5.74, 6) is 0.518. The molecule has 0 atom stereocenters. The third-order valence-corrected chi connectivity index (χ3v) is 6.36. The van der Waals surface area contributed by atoms with Crippen molar-refractivity contribution in [2.45, 2.75) is 26.7 Å². The van der Waals surface area contributed by atoms with E-state index in [4.69, 9.17) is 16.3 Å². The molecule has 2 aliphatic rings. The van der Waals surface area contributed by atoms with Gasteiger partial charge in [-0.2, -0.15) is 0 Å². The minimum Gasteiger partial charge on any atom is -0.496 e. The Morgan fingerprint density at radius 1 is 1.03 bits per heavy atom. The lowest BCUT2D eigenvalue weighted by Gasteiger charge is -2.32. The Morgan fingerprint density at radius 3 is 2.40 bits per heavy atom. The zero-order valence-electron chi connectivity index (χ0n) is 17.4. The molecule has 2 amide bonds. The Morgan fingerprint density at radius 2 is 1.73 bits per heavy atom. The summed E-state index contributed by atoms with van der Waals surface area (Å²) in [5.41, 5.74) is 2.85. The number of anilines is 1. The third-order valence-electron chi connectivity index (χ3n) is 5.95. The second-order valence-corrected chi connectivity index (χ2v) is 8.38. The number of nitrogens with zero attached hydrogens (tertiary/aromatic N) is 2. The number of carbonyl (C=O) groups excluding carboxylic acids is 2. The number of rotatable bonds is 4. The Hall–Kier alpha value is -2.79. The molecule has 156 valence electrons. The molecule has 1 saturated heterocycles. The minimum atomic E-state index is -0.349. The molecule has 0 radical (unpaired) electrons. The third kappa shape index (κ3) is 3.47. The number of aryl methyl sites for hydroxylation is 1. The van der Waals surface area contributed by atoms with Gasteiger partial charge < -0.3 is 9.64 Å². The number of para-hydroxylation sites is 1. The first-order chi connectivity index (χ1) is 14.4. The van der Waals surface area contributed by atoms with E-state index in [0.29, 0.717) is 39.2 Å². The number of halogens is 1. The molecule has 0 spiro atoms. The first-order valence-electron chi connectivity index (χ1n) is 10.2. The van der Waals surface area contributed by atoms with Gasteiger partial charge >= 0.3 is 0 Å². The van der Waals surface area contributed by atoms with E-state index in [9.17, 15) is 9.59 Å². The summed E-state index contributed by atoms with van der Waals surface area (Å²) in [5, 5.41) is 0.521. The quantitative estimate of drug-likeness (QED) is 0.669. The van der Waals surface area contributed by atoms with Gasteiger partial charge in [0, 0.05) is 23.7 Å². The van der Waals surface area contributed by atoms with Crippen LogP contribution in [0.2, 0.25) is 5.02 Å². The summed E-state index contributed by atoms with van der Waals surface area (Å²) >= 11 is 6.30. The van der Waals surface area contributed by atoms with Gasteiger partial charge in [-0.05, 0) is 49.4 Å². The lowest BCUT2D eigenvalue weighted by molar-refractivity contribution is -0.120. The van der Waals surface area contributed by atoms with Gasteiger partial charge in [0.15, 0.2) is 0 Å². The molecule has 0 aliphatic carbocycles. The smallest absolute Gasteiger partial charge is 0.282 e. The fraction of sp³-hybridized carbons (Fsp3) is 0.333. The van der Waals surface area contributed by atoms with Crippen LogP contribution in [0.4, 0.5) is 5.69 Å². The van der Waals surface area contributed by atoms with E-state index in [2.05, 4.69) is 11.8 Å². The Kier molecular flexibility index (Phi) is 5.56. The summed E-state index contributed by atoms with van der Waals surface area (Å²) in [6.45, 7) is 5.60. The normalized spacial score (nSPS) is 17.9. The minimum absolute atomic E-state index is 0.310. The number of methoxy groups -OCH3 is 1. The maximum absolute atomic E-state index is 13.6. The summed E-state index contributed by atoms with van der Waals surface area (Å²) < 4.78 is 5.51. The van der Waals surface area contributed by atoms with Crippen molar-refractivity contribution in [3.63, 3.8) is 0 Å². The number of ether oxygens (including phenoxy) is 1. The molecule has 2 aliphatic heterocycles. The van der Waals surface area contributed by atoms with Crippen molar-refractivity contribution >= 4 is 34.7 Å². The molecule has 2 aromatic rings. The molecule has 0 saturated carbocycles. The summed E-state index contributed by atoms with van der Waals surface area (Å²) in [6, 6.07) is 12.6. The SMILES string of the molecule is COc1ccccc1C1=C(N2CCC(C)CC2)C(=O)N(c2ccc(C)c(Cl)c2)C1=O. The molecule has 0 bridgehead atoms. The van der Waals surface area contributed by atoms with Crippen LogP contribution in [0.1, 0.15) is 30.9 Å². The van der Waals surface area contributed by atoms with Crippen molar-refractivity contribution in [3.8, 4) is 5.75 Å². The van der Waals surface area contributed by atoms with E-state index < -0.39 is 0 Å². The molecule has 0 aromatic heterocycles. The molecule has 30 heavy (non-hydrogen) atoms. The number of hydrogen-bond donors (Lipinski definition) is 0. The topological polar surface area (TPSA) is 49.9 Å². The zero-order valence-corrected chi connectivity index (χ0v) is 18.2. The van der Waals surface area contributed by atoms with Crippen LogP contribution in [0, 0.1) is 12.8 Å². The Labute approximate surface area is 181 Å². The first kappa shape index (κ1) is 20.5. The number of imide groups is 1. The standard InChI is InChI=1S/C24H25ClN2O3/c1-15-10-12-26(13-11-15)22-21(18-6-4-5-7-20(18)30-3)23(28)27(24(22)29)17-9-8-16(2)19(25)14-17/h4-9,14-15H,10-13H2,1-3H3. The predicted octanol–water partition coefficient (Wildman–Crippen LogP) is 4.67. The van der Waals surface area contributed by atoms with Crippen molar-refractivity contribution in [2.75, 3.05) is 25.1 Å². The highest BCUT2D eigenvalue weighted by Crippen LogP contribution is 2.39. The monoisotopic (exact) mass is 424 g/mol. The average molecular weight is 425 g/mol. The molecule has 1 fully saturated rings. The van der Waals surface area contributed by atoms with Crippen molar-refractivity contribution in [1.82, 2.24) is 4.90 Å². The molecule has 2 heterocycles. The number of piperidine rings is 1. The fourth-order valence-corrected chi connectivity index (χ4v) is 4.27.